The van der Waals surface area contributed by atoms with Crippen LogP contribution in [0.1, 0.15) is 17.3 Å². The number of hydrogen-bond donors (Lipinski definition) is 2. The van der Waals surface area contributed by atoms with Gasteiger partial charge in [-0.05, 0) is 41.1 Å². The van der Waals surface area contributed by atoms with Crippen LogP contribution < -0.4 is 10.6 Å². The molecule has 1 rings (SSSR count). The Balaban J connectivity index is 2.56. The first-order valence-electron chi connectivity index (χ1n) is 5.98. The van der Waals surface area contributed by atoms with E-state index >= 15 is 0 Å². The molecule has 1 atom stereocenters. The molecule has 0 saturated carbocycles. The van der Waals surface area contributed by atoms with E-state index in [9.17, 15) is 14.0 Å². The average Bonchev–Trinajstić information content (AvgIpc) is 2.41. The van der Waals surface area contributed by atoms with Crippen LogP contribution in [0.5, 0.6) is 0 Å². The molecule has 7 heteroatoms. The summed E-state index contributed by atoms with van der Waals surface area (Å²) in [6.07, 6.45) is 0. The molecule has 1 aromatic rings. The minimum atomic E-state index is -0.691. The molecule has 2 amide bonds. The van der Waals surface area contributed by atoms with E-state index in [1.807, 2.05) is 0 Å². The molecule has 0 aliphatic carbocycles. The van der Waals surface area contributed by atoms with E-state index in [2.05, 4.69) is 26.6 Å². The van der Waals surface area contributed by atoms with E-state index in [1.54, 1.807) is 6.92 Å². The molecule has 0 aliphatic heterocycles. The molecule has 0 spiro atoms. The molecule has 2 N–H and O–H groups in total. The topological polar surface area (TPSA) is 67.4 Å². The van der Waals surface area contributed by atoms with Crippen molar-refractivity contribution in [2.24, 2.45) is 0 Å². The Hall–Kier alpha value is -1.47. The number of halogens is 2. The monoisotopic (exact) mass is 346 g/mol. The molecule has 0 aliphatic rings. The molecule has 0 fully saturated rings. The van der Waals surface area contributed by atoms with E-state index < -0.39 is 17.8 Å². The standard InChI is InChI=1S/C13H16BrFN2O3/c1-8(12(18)16-5-6-20-2)17-13(19)9-3-4-11(15)10(14)7-9/h3-4,7-8H,5-6H2,1-2H3,(H,16,18)(H,17,19). The highest BCUT2D eigenvalue weighted by atomic mass is 79.9. The van der Waals surface area contributed by atoms with Crippen molar-refractivity contribution in [2.75, 3.05) is 20.3 Å². The quantitative estimate of drug-likeness (QED) is 0.766. The lowest BCUT2D eigenvalue weighted by Gasteiger charge is -2.14. The third kappa shape index (κ3) is 4.90. The molecule has 1 unspecified atom stereocenters. The Morgan fingerprint density at radius 3 is 2.75 bits per heavy atom. The largest absolute Gasteiger partial charge is 0.383 e. The summed E-state index contributed by atoms with van der Waals surface area (Å²) in [5.41, 5.74) is 0.273. The molecule has 0 saturated heterocycles. The van der Waals surface area contributed by atoms with Crippen LogP contribution in [0.15, 0.2) is 22.7 Å². The Labute approximate surface area is 125 Å². The number of nitrogens with one attached hydrogen (secondary N) is 2. The van der Waals surface area contributed by atoms with Crippen LogP contribution in [-0.4, -0.2) is 38.1 Å². The van der Waals surface area contributed by atoms with E-state index in [-0.39, 0.29) is 15.9 Å². The number of carbonyl (C=O) groups excluding carboxylic acids is 2. The minimum absolute atomic E-state index is 0.197. The lowest BCUT2D eigenvalue weighted by atomic mass is 10.2. The second-order valence-corrected chi connectivity index (χ2v) is 4.96. The highest BCUT2D eigenvalue weighted by molar-refractivity contribution is 9.10. The number of rotatable bonds is 6. The maximum Gasteiger partial charge on any atom is 0.251 e. The fourth-order valence-electron chi connectivity index (χ4n) is 1.41. The van der Waals surface area contributed by atoms with Gasteiger partial charge in [-0.25, -0.2) is 4.39 Å². The van der Waals surface area contributed by atoms with Crippen molar-refractivity contribution >= 4 is 27.7 Å². The van der Waals surface area contributed by atoms with Crippen molar-refractivity contribution in [3.8, 4) is 0 Å². The van der Waals surface area contributed by atoms with Gasteiger partial charge in [0.2, 0.25) is 5.91 Å². The number of carbonyl (C=O) groups is 2. The number of ether oxygens (including phenoxy) is 1. The number of benzene rings is 1. The summed E-state index contributed by atoms with van der Waals surface area (Å²) in [4.78, 5) is 23.5. The fraction of sp³-hybridized carbons (Fsp3) is 0.385. The molecule has 110 valence electrons. The Morgan fingerprint density at radius 1 is 1.45 bits per heavy atom. The maximum atomic E-state index is 13.1. The lowest BCUT2D eigenvalue weighted by Crippen LogP contribution is -2.45. The predicted molar refractivity (Wildman–Crippen MR) is 75.9 cm³/mol. The van der Waals surface area contributed by atoms with Gasteiger partial charge >= 0.3 is 0 Å². The number of hydrogen-bond acceptors (Lipinski definition) is 3. The van der Waals surface area contributed by atoms with Gasteiger partial charge in [-0.15, -0.1) is 0 Å². The molecular formula is C13H16BrFN2O3. The zero-order valence-corrected chi connectivity index (χ0v) is 12.8. The van der Waals surface area contributed by atoms with E-state index in [1.165, 1.54) is 25.3 Å². The van der Waals surface area contributed by atoms with Gasteiger partial charge in [0.1, 0.15) is 11.9 Å². The van der Waals surface area contributed by atoms with Gasteiger partial charge < -0.3 is 15.4 Å². The van der Waals surface area contributed by atoms with Crippen LogP contribution in [-0.2, 0) is 9.53 Å². The third-order valence-corrected chi connectivity index (χ3v) is 3.14. The summed E-state index contributed by atoms with van der Waals surface area (Å²) < 4.78 is 18.1. The molecule has 0 heterocycles. The van der Waals surface area contributed by atoms with E-state index in [0.717, 1.165) is 0 Å². The summed E-state index contributed by atoms with van der Waals surface area (Å²) in [5, 5.41) is 5.15. The summed E-state index contributed by atoms with van der Waals surface area (Å²) in [6.45, 7) is 2.34. The zero-order valence-electron chi connectivity index (χ0n) is 11.2. The SMILES string of the molecule is COCCNC(=O)C(C)NC(=O)c1ccc(F)c(Br)c1. The van der Waals surface area contributed by atoms with E-state index in [0.29, 0.717) is 13.2 Å². The first kappa shape index (κ1) is 16.6. The maximum absolute atomic E-state index is 13.1. The second kappa shape index (κ2) is 7.96. The van der Waals surface area contributed by atoms with Crippen molar-refractivity contribution < 1.29 is 18.7 Å². The highest BCUT2D eigenvalue weighted by Crippen LogP contribution is 2.16. The lowest BCUT2D eigenvalue weighted by molar-refractivity contribution is -0.122. The Kier molecular flexibility index (Phi) is 6.60. The van der Waals surface area contributed by atoms with Crippen LogP contribution in [0.3, 0.4) is 0 Å². The minimum Gasteiger partial charge on any atom is -0.383 e. The molecule has 5 nitrogen and oxygen atoms in total. The summed E-state index contributed by atoms with van der Waals surface area (Å²) in [5.74, 6) is -1.21. The van der Waals surface area contributed by atoms with Gasteiger partial charge in [-0.2, -0.15) is 0 Å². The second-order valence-electron chi connectivity index (χ2n) is 4.11. The van der Waals surface area contributed by atoms with Gasteiger partial charge in [0.15, 0.2) is 0 Å². The first-order chi connectivity index (χ1) is 9.45. The van der Waals surface area contributed by atoms with Crippen molar-refractivity contribution in [1.82, 2.24) is 10.6 Å². The molecule has 0 radical (unpaired) electrons. The molecule has 20 heavy (non-hydrogen) atoms. The van der Waals surface area contributed by atoms with Crippen molar-refractivity contribution in [3.63, 3.8) is 0 Å². The van der Waals surface area contributed by atoms with Crippen LogP contribution in [0.4, 0.5) is 4.39 Å². The summed E-state index contributed by atoms with van der Waals surface area (Å²) in [7, 11) is 1.53. The Morgan fingerprint density at radius 2 is 2.15 bits per heavy atom. The number of amides is 2. The summed E-state index contributed by atoms with van der Waals surface area (Å²) >= 11 is 3.00. The van der Waals surface area contributed by atoms with Crippen LogP contribution in [0, 0.1) is 5.82 Å². The van der Waals surface area contributed by atoms with Crippen LogP contribution >= 0.6 is 15.9 Å². The average molecular weight is 347 g/mol. The molecule has 0 bridgehead atoms. The first-order valence-corrected chi connectivity index (χ1v) is 6.77. The zero-order chi connectivity index (χ0) is 15.1. The molecular weight excluding hydrogens is 331 g/mol. The highest BCUT2D eigenvalue weighted by Gasteiger charge is 2.16. The van der Waals surface area contributed by atoms with Crippen molar-refractivity contribution in [2.45, 2.75) is 13.0 Å². The third-order valence-electron chi connectivity index (χ3n) is 2.53. The van der Waals surface area contributed by atoms with E-state index in [4.69, 9.17) is 4.74 Å². The van der Waals surface area contributed by atoms with Crippen LogP contribution in [0.25, 0.3) is 0 Å². The normalized spacial score (nSPS) is 11.8. The van der Waals surface area contributed by atoms with Gasteiger partial charge in [-0.3, -0.25) is 9.59 Å². The van der Waals surface area contributed by atoms with Crippen molar-refractivity contribution in [1.29, 1.82) is 0 Å². The van der Waals surface area contributed by atoms with Gasteiger partial charge in [0, 0.05) is 19.2 Å². The smallest absolute Gasteiger partial charge is 0.251 e. The van der Waals surface area contributed by atoms with Gasteiger partial charge in [0.25, 0.3) is 5.91 Å². The van der Waals surface area contributed by atoms with Gasteiger partial charge in [-0.1, -0.05) is 0 Å². The Bertz CT molecular complexity index is 497. The van der Waals surface area contributed by atoms with Crippen LogP contribution in [0.2, 0.25) is 0 Å². The van der Waals surface area contributed by atoms with Gasteiger partial charge in [0.05, 0.1) is 11.1 Å². The number of methoxy groups -OCH3 is 1. The van der Waals surface area contributed by atoms with Crippen molar-refractivity contribution in [3.05, 3.63) is 34.1 Å². The predicted octanol–water partition coefficient (Wildman–Crippen LogP) is 1.47. The molecule has 1 aromatic carbocycles. The molecule has 0 aromatic heterocycles. The summed E-state index contributed by atoms with van der Waals surface area (Å²) in [6, 6.07) is 3.20. The fourth-order valence-corrected chi connectivity index (χ4v) is 1.79.